The molecule has 1 rings (SSSR count). The van der Waals surface area contributed by atoms with E-state index in [2.05, 4.69) is 0 Å². The Morgan fingerprint density at radius 2 is 2.09 bits per heavy atom. The lowest BCUT2D eigenvalue weighted by Gasteiger charge is -2.11. The highest BCUT2D eigenvalue weighted by molar-refractivity contribution is 6.19. The Kier molecular flexibility index (Phi) is 1.94. The number of amides is 1. The molecular weight excluding hydrogens is 146 g/mol. The molecule has 4 nitrogen and oxygen atoms in total. The van der Waals surface area contributed by atoms with Gasteiger partial charge in [0.15, 0.2) is 5.78 Å². The van der Waals surface area contributed by atoms with E-state index in [0.717, 1.165) is 0 Å². The molecule has 0 aliphatic heterocycles. The maximum absolute atomic E-state index is 10.9. The first-order valence-electron chi connectivity index (χ1n) is 3.38. The van der Waals surface area contributed by atoms with Crippen molar-refractivity contribution in [2.24, 2.45) is 5.73 Å². The van der Waals surface area contributed by atoms with Gasteiger partial charge in [0.1, 0.15) is 11.3 Å². The fourth-order valence-electron chi connectivity index (χ4n) is 1.11. The first kappa shape index (κ1) is 7.78. The molecule has 0 bridgehead atoms. The average Bonchev–Trinajstić information content (AvgIpc) is 1.85. The van der Waals surface area contributed by atoms with E-state index < -0.39 is 5.91 Å². The highest BCUT2D eigenvalue weighted by Crippen LogP contribution is 2.19. The highest BCUT2D eigenvalue weighted by Gasteiger charge is 2.24. The lowest BCUT2D eigenvalue weighted by atomic mass is 9.96. The summed E-state index contributed by atoms with van der Waals surface area (Å²) >= 11 is 0. The Bertz CT molecular complexity index is 242. The Labute approximate surface area is 63.7 Å². The van der Waals surface area contributed by atoms with Crippen LogP contribution in [0, 0.1) is 0 Å². The third kappa shape index (κ3) is 1.39. The van der Waals surface area contributed by atoms with Crippen molar-refractivity contribution < 1.29 is 14.7 Å². The molecule has 0 aromatic rings. The number of primary amides is 1. The van der Waals surface area contributed by atoms with Crippen LogP contribution in [0.25, 0.3) is 0 Å². The molecule has 1 aliphatic carbocycles. The SMILES string of the molecule is NC(=O)C1=C(O)CCCC1=O. The summed E-state index contributed by atoms with van der Waals surface area (Å²) in [5.74, 6) is -1.33. The van der Waals surface area contributed by atoms with Crippen LogP contribution in [-0.4, -0.2) is 16.8 Å². The third-order valence-corrected chi connectivity index (χ3v) is 1.63. The van der Waals surface area contributed by atoms with E-state index in [0.29, 0.717) is 19.3 Å². The normalized spacial score (nSPS) is 18.7. The summed E-state index contributed by atoms with van der Waals surface area (Å²) in [4.78, 5) is 21.5. The van der Waals surface area contributed by atoms with Gasteiger partial charge < -0.3 is 10.8 Å². The molecule has 0 saturated heterocycles. The molecule has 1 amide bonds. The van der Waals surface area contributed by atoms with Crippen molar-refractivity contribution in [3.8, 4) is 0 Å². The van der Waals surface area contributed by atoms with Crippen molar-refractivity contribution >= 4 is 11.7 Å². The zero-order valence-corrected chi connectivity index (χ0v) is 5.96. The van der Waals surface area contributed by atoms with Gasteiger partial charge in [-0.15, -0.1) is 0 Å². The largest absolute Gasteiger partial charge is 0.511 e. The van der Waals surface area contributed by atoms with Crippen molar-refractivity contribution in [2.45, 2.75) is 19.3 Å². The van der Waals surface area contributed by atoms with Crippen LogP contribution in [0.2, 0.25) is 0 Å². The first-order valence-corrected chi connectivity index (χ1v) is 3.38. The minimum atomic E-state index is -0.827. The minimum Gasteiger partial charge on any atom is -0.511 e. The van der Waals surface area contributed by atoms with E-state index in [1.807, 2.05) is 0 Å². The summed E-state index contributed by atoms with van der Waals surface area (Å²) < 4.78 is 0. The van der Waals surface area contributed by atoms with Gasteiger partial charge in [-0.05, 0) is 6.42 Å². The summed E-state index contributed by atoms with van der Waals surface area (Å²) in [6, 6.07) is 0. The van der Waals surface area contributed by atoms with Crippen LogP contribution in [0.4, 0.5) is 0 Å². The van der Waals surface area contributed by atoms with Crippen LogP contribution in [0.3, 0.4) is 0 Å². The Morgan fingerprint density at radius 1 is 1.45 bits per heavy atom. The highest BCUT2D eigenvalue weighted by atomic mass is 16.3. The van der Waals surface area contributed by atoms with Crippen molar-refractivity contribution in [1.82, 2.24) is 0 Å². The molecule has 3 N–H and O–H groups in total. The number of aliphatic hydroxyl groups is 1. The molecule has 0 spiro atoms. The Balaban J connectivity index is 3.01. The van der Waals surface area contributed by atoms with Gasteiger partial charge in [0.25, 0.3) is 5.91 Å². The predicted molar refractivity (Wildman–Crippen MR) is 37.7 cm³/mol. The molecule has 0 saturated carbocycles. The molecule has 0 aromatic carbocycles. The second-order valence-corrected chi connectivity index (χ2v) is 2.46. The third-order valence-electron chi connectivity index (χ3n) is 1.63. The number of Topliss-reactive ketones (excluding diaryl/α,β-unsaturated/α-hetero) is 1. The van der Waals surface area contributed by atoms with Crippen LogP contribution < -0.4 is 5.73 Å². The summed E-state index contributed by atoms with van der Waals surface area (Å²) in [6.45, 7) is 0. The summed E-state index contributed by atoms with van der Waals surface area (Å²) in [5, 5.41) is 9.07. The molecule has 11 heavy (non-hydrogen) atoms. The molecule has 0 fully saturated rings. The van der Waals surface area contributed by atoms with Crippen LogP contribution in [0.15, 0.2) is 11.3 Å². The van der Waals surface area contributed by atoms with Gasteiger partial charge in [0.2, 0.25) is 0 Å². The summed E-state index contributed by atoms with van der Waals surface area (Å²) in [7, 11) is 0. The van der Waals surface area contributed by atoms with Gasteiger partial charge in [-0.3, -0.25) is 9.59 Å². The predicted octanol–water partition coefficient (Wildman–Crippen LogP) is 0.0368. The average molecular weight is 155 g/mol. The molecule has 0 unspecified atom stereocenters. The van der Waals surface area contributed by atoms with E-state index >= 15 is 0 Å². The number of hydrogen-bond acceptors (Lipinski definition) is 3. The molecule has 0 atom stereocenters. The van der Waals surface area contributed by atoms with Gasteiger partial charge in [0.05, 0.1) is 0 Å². The Hall–Kier alpha value is -1.32. The number of rotatable bonds is 1. The second kappa shape index (κ2) is 2.74. The number of nitrogens with two attached hydrogens (primary N) is 1. The maximum Gasteiger partial charge on any atom is 0.255 e. The monoisotopic (exact) mass is 155 g/mol. The standard InChI is InChI=1S/C7H9NO3/c8-7(11)6-4(9)2-1-3-5(6)10/h9H,1-3H2,(H2,8,11). The van der Waals surface area contributed by atoms with Crippen LogP contribution in [0.5, 0.6) is 0 Å². The van der Waals surface area contributed by atoms with E-state index in [4.69, 9.17) is 10.8 Å². The zero-order chi connectivity index (χ0) is 8.43. The maximum atomic E-state index is 10.9. The number of ketones is 1. The lowest BCUT2D eigenvalue weighted by Crippen LogP contribution is -2.25. The summed E-state index contributed by atoms with van der Waals surface area (Å²) in [6.07, 6.45) is 1.29. The molecule has 0 aromatic heterocycles. The van der Waals surface area contributed by atoms with Crippen molar-refractivity contribution in [3.05, 3.63) is 11.3 Å². The van der Waals surface area contributed by atoms with E-state index in [1.165, 1.54) is 0 Å². The molecule has 0 radical (unpaired) electrons. The number of aliphatic hydroxyl groups excluding tert-OH is 1. The lowest BCUT2D eigenvalue weighted by molar-refractivity contribution is -0.121. The van der Waals surface area contributed by atoms with Crippen LogP contribution in [-0.2, 0) is 9.59 Å². The van der Waals surface area contributed by atoms with Crippen LogP contribution >= 0.6 is 0 Å². The second-order valence-electron chi connectivity index (χ2n) is 2.46. The zero-order valence-electron chi connectivity index (χ0n) is 5.96. The molecule has 0 heterocycles. The fourth-order valence-corrected chi connectivity index (χ4v) is 1.11. The topological polar surface area (TPSA) is 80.4 Å². The van der Waals surface area contributed by atoms with Crippen molar-refractivity contribution in [3.63, 3.8) is 0 Å². The smallest absolute Gasteiger partial charge is 0.255 e. The molecule has 4 heteroatoms. The number of carbonyl (C=O) groups is 2. The van der Waals surface area contributed by atoms with Crippen molar-refractivity contribution in [2.75, 3.05) is 0 Å². The first-order chi connectivity index (χ1) is 5.13. The summed E-state index contributed by atoms with van der Waals surface area (Å²) in [5.41, 5.74) is 4.66. The Morgan fingerprint density at radius 3 is 2.45 bits per heavy atom. The van der Waals surface area contributed by atoms with Gasteiger partial charge in [-0.2, -0.15) is 0 Å². The molecular formula is C7H9NO3. The van der Waals surface area contributed by atoms with E-state index in [9.17, 15) is 9.59 Å². The van der Waals surface area contributed by atoms with Crippen LogP contribution in [0.1, 0.15) is 19.3 Å². The molecule has 1 aliphatic rings. The minimum absolute atomic E-state index is 0.159. The number of hydrogen-bond donors (Lipinski definition) is 2. The van der Waals surface area contributed by atoms with Gasteiger partial charge in [-0.1, -0.05) is 0 Å². The van der Waals surface area contributed by atoms with E-state index in [1.54, 1.807) is 0 Å². The fraction of sp³-hybridized carbons (Fsp3) is 0.429. The van der Waals surface area contributed by atoms with Gasteiger partial charge in [0, 0.05) is 12.8 Å². The number of allylic oxidation sites excluding steroid dienone is 1. The van der Waals surface area contributed by atoms with Gasteiger partial charge >= 0.3 is 0 Å². The van der Waals surface area contributed by atoms with E-state index in [-0.39, 0.29) is 17.1 Å². The number of carbonyl (C=O) groups excluding carboxylic acids is 2. The van der Waals surface area contributed by atoms with Crippen molar-refractivity contribution in [1.29, 1.82) is 0 Å². The molecule has 60 valence electrons. The van der Waals surface area contributed by atoms with Gasteiger partial charge in [-0.25, -0.2) is 0 Å². The quantitative estimate of drug-likeness (QED) is 0.524.